The van der Waals surface area contributed by atoms with Crippen molar-refractivity contribution in [2.75, 3.05) is 13.1 Å². The molecule has 0 aliphatic carbocycles. The van der Waals surface area contributed by atoms with Crippen LogP contribution in [-0.4, -0.2) is 39.0 Å². The molecule has 0 radical (unpaired) electrons. The molecule has 1 unspecified atom stereocenters. The Morgan fingerprint density at radius 2 is 1.90 bits per heavy atom. The van der Waals surface area contributed by atoms with Gasteiger partial charge in [0.05, 0.1) is 15.4 Å². The molecule has 1 fully saturated rings. The fraction of sp³-hybridized carbons (Fsp3) is 0.500. The normalized spacial score (nSPS) is 18.6. The number of hydrogen-bond acceptors (Lipinski definition) is 6. The molecule has 4 heterocycles. The van der Waals surface area contributed by atoms with Crippen LogP contribution in [0.5, 0.6) is 0 Å². The van der Waals surface area contributed by atoms with Crippen LogP contribution < -0.4 is 5.32 Å². The SMILES string of the molecule is Cc1cc(CN[C@H]2CCCN(C(C)c3ccc4sc(C)nc4n3)C2)cc(C)n1.S. The molecule has 0 bridgehead atoms. The quantitative estimate of drug-likeness (QED) is 0.650. The summed E-state index contributed by atoms with van der Waals surface area (Å²) in [5.74, 6) is 0. The first-order chi connectivity index (χ1) is 13.5. The number of aryl methyl sites for hydroxylation is 3. The van der Waals surface area contributed by atoms with Gasteiger partial charge in [-0.3, -0.25) is 9.88 Å². The van der Waals surface area contributed by atoms with E-state index >= 15 is 0 Å². The van der Waals surface area contributed by atoms with Crippen LogP contribution in [0, 0.1) is 20.8 Å². The summed E-state index contributed by atoms with van der Waals surface area (Å²) in [5.41, 5.74) is 5.52. The van der Waals surface area contributed by atoms with Crippen molar-refractivity contribution in [2.45, 2.75) is 59.2 Å². The smallest absolute Gasteiger partial charge is 0.170 e. The lowest BCUT2D eigenvalue weighted by atomic mass is 10.0. The summed E-state index contributed by atoms with van der Waals surface area (Å²) in [4.78, 5) is 16.4. The van der Waals surface area contributed by atoms with Gasteiger partial charge in [0.25, 0.3) is 0 Å². The number of fused-ring (bicyclic) bond motifs is 1. The highest BCUT2D eigenvalue weighted by Gasteiger charge is 2.25. The summed E-state index contributed by atoms with van der Waals surface area (Å²) >= 11 is 1.71. The van der Waals surface area contributed by atoms with E-state index in [-0.39, 0.29) is 13.5 Å². The Morgan fingerprint density at radius 3 is 2.66 bits per heavy atom. The minimum absolute atomic E-state index is 0. The molecule has 1 aliphatic rings. The Labute approximate surface area is 184 Å². The summed E-state index contributed by atoms with van der Waals surface area (Å²) in [6.45, 7) is 11.5. The molecule has 0 spiro atoms. The van der Waals surface area contributed by atoms with Gasteiger partial charge in [0.1, 0.15) is 0 Å². The minimum atomic E-state index is 0. The van der Waals surface area contributed by atoms with Gasteiger partial charge in [0.2, 0.25) is 0 Å². The first kappa shape index (κ1) is 22.2. The third-order valence-electron chi connectivity index (χ3n) is 5.55. The zero-order valence-electron chi connectivity index (χ0n) is 17.7. The topological polar surface area (TPSA) is 53.9 Å². The highest BCUT2D eigenvalue weighted by Crippen LogP contribution is 2.26. The molecular weight excluding hydrogens is 398 g/mol. The van der Waals surface area contributed by atoms with Crippen LogP contribution in [0.2, 0.25) is 0 Å². The maximum Gasteiger partial charge on any atom is 0.170 e. The molecule has 0 amide bonds. The summed E-state index contributed by atoms with van der Waals surface area (Å²) in [7, 11) is 0. The molecular formula is C22H31N5S2. The average molecular weight is 430 g/mol. The van der Waals surface area contributed by atoms with E-state index in [1.54, 1.807) is 11.3 Å². The molecule has 3 aromatic rings. The van der Waals surface area contributed by atoms with Crippen molar-refractivity contribution >= 4 is 35.2 Å². The van der Waals surface area contributed by atoms with Crippen molar-refractivity contribution in [3.63, 3.8) is 0 Å². The second kappa shape index (κ2) is 9.51. The Hall–Kier alpha value is -1.54. The van der Waals surface area contributed by atoms with E-state index < -0.39 is 0 Å². The summed E-state index contributed by atoms with van der Waals surface area (Å²) < 4.78 is 1.18. The molecule has 3 aromatic heterocycles. The molecule has 2 atom stereocenters. The highest BCUT2D eigenvalue weighted by molar-refractivity contribution is 7.59. The van der Waals surface area contributed by atoms with Crippen molar-refractivity contribution in [1.29, 1.82) is 0 Å². The molecule has 5 nitrogen and oxygen atoms in total. The molecule has 29 heavy (non-hydrogen) atoms. The van der Waals surface area contributed by atoms with Crippen LogP contribution >= 0.6 is 24.8 Å². The summed E-state index contributed by atoms with van der Waals surface area (Å²) in [5, 5.41) is 4.84. The Morgan fingerprint density at radius 1 is 1.14 bits per heavy atom. The van der Waals surface area contributed by atoms with Crippen molar-refractivity contribution in [1.82, 2.24) is 25.2 Å². The second-order valence-corrected chi connectivity index (χ2v) is 9.17. The Kier molecular flexibility index (Phi) is 7.27. The van der Waals surface area contributed by atoms with Crippen molar-refractivity contribution < 1.29 is 0 Å². The molecule has 1 saturated heterocycles. The van der Waals surface area contributed by atoms with Gasteiger partial charge in [-0.2, -0.15) is 13.5 Å². The van der Waals surface area contributed by atoms with Gasteiger partial charge in [0, 0.05) is 36.6 Å². The van der Waals surface area contributed by atoms with E-state index in [1.807, 2.05) is 6.92 Å². The number of piperidine rings is 1. The molecule has 1 N–H and O–H groups in total. The predicted molar refractivity (Wildman–Crippen MR) is 126 cm³/mol. The average Bonchev–Trinajstić information content (AvgIpc) is 3.04. The largest absolute Gasteiger partial charge is 0.309 e. The number of pyridine rings is 2. The lowest BCUT2D eigenvalue weighted by Crippen LogP contribution is -2.46. The Balaban J connectivity index is 0.00000240. The molecule has 4 rings (SSSR count). The van der Waals surface area contributed by atoms with Crippen molar-refractivity contribution in [3.8, 4) is 0 Å². The van der Waals surface area contributed by atoms with Crippen LogP contribution in [0.1, 0.15) is 53.5 Å². The zero-order chi connectivity index (χ0) is 19.7. The first-order valence-electron chi connectivity index (χ1n) is 10.1. The third kappa shape index (κ3) is 5.34. The number of nitrogens with one attached hydrogen (secondary N) is 1. The first-order valence-corrected chi connectivity index (χ1v) is 11.0. The van der Waals surface area contributed by atoms with E-state index in [0.717, 1.165) is 47.4 Å². The lowest BCUT2D eigenvalue weighted by Gasteiger charge is -2.37. The molecule has 7 heteroatoms. The second-order valence-electron chi connectivity index (χ2n) is 7.94. The van der Waals surface area contributed by atoms with Crippen LogP contribution in [0.15, 0.2) is 24.3 Å². The zero-order valence-corrected chi connectivity index (χ0v) is 19.5. The number of aromatic nitrogens is 3. The van der Waals surface area contributed by atoms with E-state index in [9.17, 15) is 0 Å². The van der Waals surface area contributed by atoms with E-state index in [2.05, 4.69) is 65.2 Å². The van der Waals surface area contributed by atoms with Crippen LogP contribution in [0.25, 0.3) is 10.3 Å². The summed E-state index contributed by atoms with van der Waals surface area (Å²) in [6.07, 6.45) is 2.44. The van der Waals surface area contributed by atoms with Crippen LogP contribution in [-0.2, 0) is 6.54 Å². The fourth-order valence-electron chi connectivity index (χ4n) is 4.17. The molecule has 0 saturated carbocycles. The predicted octanol–water partition coefficient (Wildman–Crippen LogP) is 4.44. The van der Waals surface area contributed by atoms with Crippen molar-refractivity contribution in [3.05, 3.63) is 51.9 Å². The van der Waals surface area contributed by atoms with Gasteiger partial charge in [-0.25, -0.2) is 9.97 Å². The van der Waals surface area contributed by atoms with Gasteiger partial charge in [-0.15, -0.1) is 11.3 Å². The molecule has 1 aliphatic heterocycles. The van der Waals surface area contributed by atoms with Gasteiger partial charge in [0.15, 0.2) is 5.65 Å². The number of thiazole rings is 1. The maximum atomic E-state index is 4.84. The van der Waals surface area contributed by atoms with Gasteiger partial charge < -0.3 is 5.32 Å². The van der Waals surface area contributed by atoms with Gasteiger partial charge in [-0.05, 0) is 76.9 Å². The van der Waals surface area contributed by atoms with Crippen LogP contribution in [0.4, 0.5) is 0 Å². The van der Waals surface area contributed by atoms with E-state index in [0.29, 0.717) is 12.1 Å². The van der Waals surface area contributed by atoms with Crippen molar-refractivity contribution in [2.24, 2.45) is 0 Å². The van der Waals surface area contributed by atoms with Gasteiger partial charge in [-0.1, -0.05) is 0 Å². The highest BCUT2D eigenvalue weighted by atomic mass is 32.1. The Bertz CT molecular complexity index is 951. The maximum absolute atomic E-state index is 4.84. The standard InChI is InChI=1S/C22H29N5S.H2S/c1-14-10-18(11-15(2)24-14)12-23-19-6-5-9-27(13-19)16(3)20-7-8-21-22(26-20)25-17(4)28-21;/h7-8,10-11,16,19,23H,5-6,9,12-13H2,1-4H3;1H2/t16?,19-;/m0./s1. The molecule has 0 aromatic carbocycles. The van der Waals surface area contributed by atoms with E-state index in [4.69, 9.17) is 4.98 Å². The number of hydrogen-bond donors (Lipinski definition) is 1. The fourth-order valence-corrected chi connectivity index (χ4v) is 4.94. The minimum Gasteiger partial charge on any atom is -0.309 e. The molecule has 156 valence electrons. The number of likely N-dealkylation sites (tertiary alicyclic amines) is 1. The lowest BCUT2D eigenvalue weighted by molar-refractivity contribution is 0.143. The number of nitrogens with zero attached hydrogens (tertiary/aromatic N) is 4. The summed E-state index contributed by atoms with van der Waals surface area (Å²) in [6, 6.07) is 9.52. The van der Waals surface area contributed by atoms with Gasteiger partial charge >= 0.3 is 0 Å². The monoisotopic (exact) mass is 429 g/mol. The third-order valence-corrected chi connectivity index (χ3v) is 6.47. The number of rotatable bonds is 5. The van der Waals surface area contributed by atoms with Crippen LogP contribution in [0.3, 0.4) is 0 Å². The van der Waals surface area contributed by atoms with E-state index in [1.165, 1.54) is 23.1 Å².